The smallest absolute Gasteiger partial charge is 0.348 e. The van der Waals surface area contributed by atoms with Crippen LogP contribution in [0, 0.1) is 6.92 Å². The average molecular weight is 422 g/mol. The van der Waals surface area contributed by atoms with Gasteiger partial charge >= 0.3 is 5.97 Å². The van der Waals surface area contributed by atoms with Crippen LogP contribution in [0.4, 0.5) is 0 Å². The van der Waals surface area contributed by atoms with Crippen molar-refractivity contribution in [2.75, 3.05) is 7.11 Å². The number of carbonyl (C=O) groups is 1. The lowest BCUT2D eigenvalue weighted by Crippen LogP contribution is -2.41. The maximum atomic E-state index is 13.0. The number of thiophene rings is 1. The molecule has 0 spiro atoms. The fourth-order valence-corrected chi connectivity index (χ4v) is 6.49. The van der Waals surface area contributed by atoms with E-state index in [1.165, 1.54) is 18.4 Å². The van der Waals surface area contributed by atoms with Gasteiger partial charge in [-0.3, -0.25) is 0 Å². The van der Waals surface area contributed by atoms with Gasteiger partial charge in [0, 0.05) is 11.1 Å². The Morgan fingerprint density at radius 1 is 1.14 bits per heavy atom. The van der Waals surface area contributed by atoms with Crippen LogP contribution in [0.15, 0.2) is 22.4 Å². The number of esters is 1. The second kappa shape index (κ2) is 7.61. The highest BCUT2D eigenvalue weighted by molar-refractivity contribution is 7.89. The Morgan fingerprint density at radius 2 is 1.79 bits per heavy atom. The molecule has 28 heavy (non-hydrogen) atoms. The van der Waals surface area contributed by atoms with E-state index in [9.17, 15) is 13.2 Å². The SMILES string of the molecule is COC(=O)c1scc(C)c1-c1ccc(S(=O)(=O)NC(C)(C)C)c2c1CCCC2. The van der Waals surface area contributed by atoms with Crippen LogP contribution in [0.3, 0.4) is 0 Å². The summed E-state index contributed by atoms with van der Waals surface area (Å²) in [4.78, 5) is 13.2. The average Bonchev–Trinajstić information content (AvgIpc) is 2.99. The minimum absolute atomic E-state index is 0.355. The van der Waals surface area contributed by atoms with Crippen molar-refractivity contribution in [3.05, 3.63) is 39.1 Å². The van der Waals surface area contributed by atoms with Gasteiger partial charge in [-0.25, -0.2) is 17.9 Å². The number of aryl methyl sites for hydroxylation is 1. The first-order valence-electron chi connectivity index (χ1n) is 9.40. The van der Waals surface area contributed by atoms with E-state index in [0.29, 0.717) is 9.77 Å². The summed E-state index contributed by atoms with van der Waals surface area (Å²) < 4.78 is 33.8. The van der Waals surface area contributed by atoms with Gasteiger partial charge in [-0.15, -0.1) is 11.3 Å². The molecule has 1 aromatic carbocycles. The van der Waals surface area contributed by atoms with Crippen LogP contribution in [-0.4, -0.2) is 27.0 Å². The number of methoxy groups -OCH3 is 1. The number of sulfonamides is 1. The van der Waals surface area contributed by atoms with Crippen molar-refractivity contribution in [3.63, 3.8) is 0 Å². The number of ether oxygens (including phenoxy) is 1. The fraction of sp³-hybridized carbons (Fsp3) is 0.476. The molecule has 0 bridgehead atoms. The quantitative estimate of drug-likeness (QED) is 0.740. The van der Waals surface area contributed by atoms with Gasteiger partial charge in [0.05, 0.1) is 12.0 Å². The van der Waals surface area contributed by atoms with Gasteiger partial charge in [-0.1, -0.05) is 6.07 Å². The normalized spacial score (nSPS) is 14.6. The van der Waals surface area contributed by atoms with Crippen LogP contribution in [0.1, 0.15) is 60.0 Å². The first-order chi connectivity index (χ1) is 13.0. The molecule has 0 fully saturated rings. The number of carbonyl (C=O) groups excluding carboxylic acids is 1. The standard InChI is InChI=1S/C21H27NO4S2/c1-13-12-27-19(20(23)26-5)18(13)16-10-11-17(15-9-7-6-8-14(15)16)28(24,25)22-21(2,3)4/h10-12,22H,6-9H2,1-5H3. The van der Waals surface area contributed by atoms with E-state index in [1.807, 2.05) is 39.1 Å². The van der Waals surface area contributed by atoms with Crippen LogP contribution in [-0.2, 0) is 27.6 Å². The number of benzene rings is 1. The fourth-order valence-electron chi connectivity index (χ4n) is 3.80. The predicted octanol–water partition coefficient (Wildman–Crippen LogP) is 4.47. The molecule has 3 rings (SSSR count). The highest BCUT2D eigenvalue weighted by Gasteiger charge is 2.29. The van der Waals surface area contributed by atoms with Crippen LogP contribution in [0.2, 0.25) is 0 Å². The molecule has 0 amide bonds. The van der Waals surface area contributed by atoms with Gasteiger partial charge < -0.3 is 4.74 Å². The van der Waals surface area contributed by atoms with Crippen LogP contribution >= 0.6 is 11.3 Å². The molecule has 0 atom stereocenters. The lowest BCUT2D eigenvalue weighted by Gasteiger charge is -2.26. The Bertz CT molecular complexity index is 1010. The van der Waals surface area contributed by atoms with Crippen molar-refractivity contribution in [3.8, 4) is 11.1 Å². The first kappa shape index (κ1) is 21.0. The Balaban J connectivity index is 2.21. The van der Waals surface area contributed by atoms with Crippen LogP contribution in [0.25, 0.3) is 11.1 Å². The molecule has 1 aliphatic carbocycles. The summed E-state index contributed by atoms with van der Waals surface area (Å²) in [6.07, 6.45) is 3.49. The van der Waals surface area contributed by atoms with E-state index in [-0.39, 0.29) is 5.97 Å². The molecule has 0 radical (unpaired) electrons. The molecule has 1 aliphatic rings. The molecule has 2 aromatic rings. The van der Waals surface area contributed by atoms with Crippen molar-refractivity contribution < 1.29 is 17.9 Å². The van der Waals surface area contributed by atoms with Gasteiger partial charge in [0.2, 0.25) is 10.0 Å². The molecule has 7 heteroatoms. The molecular weight excluding hydrogens is 394 g/mol. The Hall–Kier alpha value is -1.70. The van der Waals surface area contributed by atoms with E-state index in [4.69, 9.17) is 4.74 Å². The van der Waals surface area contributed by atoms with Gasteiger partial charge in [-0.05, 0) is 87.1 Å². The number of nitrogens with one attached hydrogen (secondary N) is 1. The number of rotatable bonds is 4. The van der Waals surface area contributed by atoms with Crippen molar-refractivity contribution in [2.24, 2.45) is 0 Å². The zero-order valence-corrected chi connectivity index (χ0v) is 18.6. The second-order valence-corrected chi connectivity index (χ2v) is 10.8. The first-order valence-corrected chi connectivity index (χ1v) is 11.8. The Labute approximate surface area is 171 Å². The summed E-state index contributed by atoms with van der Waals surface area (Å²) in [6.45, 7) is 7.48. The van der Waals surface area contributed by atoms with E-state index >= 15 is 0 Å². The van der Waals surface area contributed by atoms with E-state index < -0.39 is 15.6 Å². The van der Waals surface area contributed by atoms with Crippen molar-refractivity contribution >= 4 is 27.3 Å². The van der Waals surface area contributed by atoms with E-state index in [2.05, 4.69) is 4.72 Å². The largest absolute Gasteiger partial charge is 0.465 e. The molecule has 0 saturated carbocycles. The predicted molar refractivity (Wildman–Crippen MR) is 113 cm³/mol. The zero-order chi connectivity index (χ0) is 20.7. The van der Waals surface area contributed by atoms with Gasteiger partial charge in [0.1, 0.15) is 4.88 Å². The summed E-state index contributed by atoms with van der Waals surface area (Å²) in [6, 6.07) is 3.54. The summed E-state index contributed by atoms with van der Waals surface area (Å²) >= 11 is 1.37. The summed E-state index contributed by atoms with van der Waals surface area (Å²) in [5.41, 5.74) is 4.17. The van der Waals surface area contributed by atoms with Crippen LogP contribution in [0.5, 0.6) is 0 Å². The third-order valence-electron chi connectivity index (χ3n) is 4.84. The Morgan fingerprint density at radius 3 is 2.39 bits per heavy atom. The minimum atomic E-state index is -3.63. The molecular formula is C21H27NO4S2. The zero-order valence-electron chi connectivity index (χ0n) is 17.0. The van der Waals surface area contributed by atoms with Crippen molar-refractivity contribution in [1.82, 2.24) is 4.72 Å². The molecule has 0 unspecified atom stereocenters. The lowest BCUT2D eigenvalue weighted by molar-refractivity contribution is 0.0607. The molecule has 1 N–H and O–H groups in total. The third-order valence-corrected chi connectivity index (χ3v) is 7.76. The molecule has 1 aromatic heterocycles. The van der Waals surface area contributed by atoms with Crippen molar-refractivity contribution in [1.29, 1.82) is 0 Å². The minimum Gasteiger partial charge on any atom is -0.465 e. The number of hydrogen-bond donors (Lipinski definition) is 1. The maximum absolute atomic E-state index is 13.0. The van der Waals surface area contributed by atoms with Gasteiger partial charge in [0.15, 0.2) is 0 Å². The number of hydrogen-bond acceptors (Lipinski definition) is 5. The van der Waals surface area contributed by atoms with Crippen LogP contribution < -0.4 is 4.72 Å². The summed E-state index contributed by atoms with van der Waals surface area (Å²) in [5.74, 6) is -0.358. The molecule has 152 valence electrons. The maximum Gasteiger partial charge on any atom is 0.348 e. The Kier molecular flexibility index (Phi) is 5.71. The van der Waals surface area contributed by atoms with Gasteiger partial charge in [-0.2, -0.15) is 0 Å². The molecule has 0 aliphatic heterocycles. The lowest BCUT2D eigenvalue weighted by atomic mass is 9.85. The second-order valence-electron chi connectivity index (χ2n) is 8.25. The number of fused-ring (bicyclic) bond motifs is 1. The van der Waals surface area contributed by atoms with Gasteiger partial charge in [0.25, 0.3) is 0 Å². The molecule has 5 nitrogen and oxygen atoms in total. The molecule has 1 heterocycles. The highest BCUT2D eigenvalue weighted by Crippen LogP contribution is 2.40. The van der Waals surface area contributed by atoms with E-state index in [0.717, 1.165) is 53.5 Å². The summed E-state index contributed by atoms with van der Waals surface area (Å²) in [5, 5.41) is 1.95. The third kappa shape index (κ3) is 4.02. The van der Waals surface area contributed by atoms with E-state index in [1.54, 1.807) is 6.07 Å². The van der Waals surface area contributed by atoms with Crippen molar-refractivity contribution in [2.45, 2.75) is 63.8 Å². The highest BCUT2D eigenvalue weighted by atomic mass is 32.2. The molecule has 0 saturated heterocycles. The summed E-state index contributed by atoms with van der Waals surface area (Å²) in [7, 11) is -2.25. The monoisotopic (exact) mass is 421 g/mol. The topological polar surface area (TPSA) is 72.5 Å².